The Morgan fingerprint density at radius 1 is 1.24 bits per heavy atom. The van der Waals surface area contributed by atoms with E-state index in [-0.39, 0.29) is 11.0 Å². The van der Waals surface area contributed by atoms with Crippen molar-refractivity contribution in [3.05, 3.63) is 30.3 Å². The summed E-state index contributed by atoms with van der Waals surface area (Å²) in [6, 6.07) is 11.4. The van der Waals surface area contributed by atoms with Gasteiger partial charge in [-0.25, -0.2) is 0 Å². The molecule has 4 N–H and O–H groups in total. The van der Waals surface area contributed by atoms with E-state index < -0.39 is 0 Å². The van der Waals surface area contributed by atoms with Crippen LogP contribution in [0.1, 0.15) is 19.8 Å². The summed E-state index contributed by atoms with van der Waals surface area (Å²) >= 11 is 0. The molecular weight excluding hydrogens is 213 g/mol. The fourth-order valence-electron chi connectivity index (χ4n) is 2.31. The summed E-state index contributed by atoms with van der Waals surface area (Å²) in [6.45, 7) is 4.86. The van der Waals surface area contributed by atoms with Crippen LogP contribution in [0.25, 0.3) is 0 Å². The van der Waals surface area contributed by atoms with Gasteiger partial charge >= 0.3 is 0 Å². The molecule has 0 amide bonds. The molecule has 4 heteroatoms. The molecule has 3 nitrogen and oxygen atoms in total. The second kappa shape index (κ2) is 8.28. The average Bonchev–Trinajstić information content (AvgIpc) is 2.66. The fraction of sp³-hybridized carbons (Fsp3) is 0.538. The molecule has 0 bridgehead atoms. The topological polar surface area (TPSA) is 66.2 Å². The molecule has 0 aliphatic carbocycles. The van der Waals surface area contributed by atoms with E-state index in [1.54, 1.807) is 0 Å². The summed E-state index contributed by atoms with van der Waals surface area (Å²) in [4.78, 5) is 2.60. The fourth-order valence-corrected chi connectivity index (χ4v) is 2.31. The molecule has 95 valence electrons. The first-order chi connectivity index (χ1) is 7.36. The molecule has 1 aromatic carbocycles. The Labute approximate surface area is 105 Å². The van der Waals surface area contributed by atoms with Crippen LogP contribution in [-0.4, -0.2) is 42.3 Å². The third kappa shape index (κ3) is 4.90. The predicted octanol–water partition coefficient (Wildman–Crippen LogP) is 0.269. The highest BCUT2D eigenvalue weighted by molar-refractivity contribution is 6.53. The molecule has 1 heterocycles. The van der Waals surface area contributed by atoms with Crippen molar-refractivity contribution >= 4 is 12.7 Å². The SMILES string of the molecule is CC1CCCN1CC[B]c1ccccc1.O.O. The van der Waals surface area contributed by atoms with Crippen LogP contribution in [0.5, 0.6) is 0 Å². The second-order valence-corrected chi connectivity index (χ2v) is 4.43. The predicted molar refractivity (Wildman–Crippen MR) is 74.1 cm³/mol. The van der Waals surface area contributed by atoms with Crippen LogP contribution in [0.3, 0.4) is 0 Å². The van der Waals surface area contributed by atoms with Crippen molar-refractivity contribution in [2.45, 2.75) is 32.1 Å². The first-order valence-corrected chi connectivity index (χ1v) is 5.98. The van der Waals surface area contributed by atoms with Crippen molar-refractivity contribution < 1.29 is 11.0 Å². The molecule has 1 unspecified atom stereocenters. The van der Waals surface area contributed by atoms with Crippen LogP contribution in [0, 0.1) is 0 Å². The number of benzene rings is 1. The summed E-state index contributed by atoms with van der Waals surface area (Å²) in [7, 11) is 2.34. The van der Waals surface area contributed by atoms with Gasteiger partial charge in [0.2, 0.25) is 0 Å². The van der Waals surface area contributed by atoms with Gasteiger partial charge in [-0.2, -0.15) is 0 Å². The zero-order valence-electron chi connectivity index (χ0n) is 10.5. The standard InChI is InChI=1S/C13H19BN.2H2O/c1-12-6-5-10-15(12)11-9-14-13-7-3-2-4-8-13;;/h2-4,7-8,12H,5-6,9-11H2,1H3;2*1H2. The van der Waals surface area contributed by atoms with Crippen molar-refractivity contribution in [2.24, 2.45) is 0 Å². The Balaban J connectivity index is 0.00000128. The van der Waals surface area contributed by atoms with Gasteiger partial charge in [-0.05, 0) is 32.9 Å². The highest BCUT2D eigenvalue weighted by atomic mass is 16.0. The molecule has 0 spiro atoms. The molecule has 1 fully saturated rings. The van der Waals surface area contributed by atoms with Gasteiger partial charge in [0.05, 0.1) is 0 Å². The van der Waals surface area contributed by atoms with Crippen molar-refractivity contribution in [3.63, 3.8) is 0 Å². The van der Waals surface area contributed by atoms with Crippen molar-refractivity contribution in [1.82, 2.24) is 4.90 Å². The van der Waals surface area contributed by atoms with E-state index >= 15 is 0 Å². The van der Waals surface area contributed by atoms with E-state index in [1.807, 2.05) is 0 Å². The number of hydrogen-bond acceptors (Lipinski definition) is 1. The molecule has 1 atom stereocenters. The highest BCUT2D eigenvalue weighted by Gasteiger charge is 2.18. The van der Waals surface area contributed by atoms with Gasteiger partial charge in [0.1, 0.15) is 0 Å². The zero-order chi connectivity index (χ0) is 10.5. The normalized spacial score (nSPS) is 19.2. The molecule has 17 heavy (non-hydrogen) atoms. The van der Waals surface area contributed by atoms with Gasteiger partial charge in [0.25, 0.3) is 0 Å². The molecule has 1 saturated heterocycles. The van der Waals surface area contributed by atoms with Crippen LogP contribution in [0.4, 0.5) is 0 Å². The van der Waals surface area contributed by atoms with E-state index in [9.17, 15) is 0 Å². The van der Waals surface area contributed by atoms with Crippen LogP contribution < -0.4 is 5.46 Å². The molecule has 0 saturated carbocycles. The maximum atomic E-state index is 2.60. The summed E-state index contributed by atoms with van der Waals surface area (Å²) < 4.78 is 0. The molecule has 2 rings (SSSR count). The summed E-state index contributed by atoms with van der Waals surface area (Å²) in [5.74, 6) is 0. The Morgan fingerprint density at radius 3 is 2.53 bits per heavy atom. The maximum absolute atomic E-state index is 2.60. The quantitative estimate of drug-likeness (QED) is 0.692. The lowest BCUT2D eigenvalue weighted by molar-refractivity contribution is 0.284. The first-order valence-electron chi connectivity index (χ1n) is 5.98. The van der Waals surface area contributed by atoms with E-state index in [1.165, 1.54) is 37.7 Å². The highest BCUT2D eigenvalue weighted by Crippen LogP contribution is 2.15. The monoisotopic (exact) mass is 236 g/mol. The maximum Gasteiger partial charge on any atom is 0.152 e. The lowest BCUT2D eigenvalue weighted by atomic mass is 9.67. The van der Waals surface area contributed by atoms with Crippen molar-refractivity contribution in [2.75, 3.05) is 13.1 Å². The summed E-state index contributed by atoms with van der Waals surface area (Å²) in [6.07, 6.45) is 3.94. The third-order valence-corrected chi connectivity index (χ3v) is 3.29. The minimum absolute atomic E-state index is 0. The minimum Gasteiger partial charge on any atom is -0.412 e. The molecule has 0 aromatic heterocycles. The number of likely N-dealkylation sites (tertiary alicyclic amines) is 1. The van der Waals surface area contributed by atoms with Crippen molar-refractivity contribution in [3.8, 4) is 0 Å². The minimum atomic E-state index is 0. The third-order valence-electron chi connectivity index (χ3n) is 3.29. The smallest absolute Gasteiger partial charge is 0.152 e. The second-order valence-electron chi connectivity index (χ2n) is 4.43. The van der Waals surface area contributed by atoms with Crippen LogP contribution >= 0.6 is 0 Å². The molecule has 1 radical (unpaired) electrons. The van der Waals surface area contributed by atoms with E-state index in [0.29, 0.717) is 0 Å². The summed E-state index contributed by atoms with van der Waals surface area (Å²) in [5.41, 5.74) is 1.35. The Hall–Kier alpha value is -0.835. The first kappa shape index (κ1) is 16.2. The largest absolute Gasteiger partial charge is 0.412 e. The van der Waals surface area contributed by atoms with Crippen LogP contribution in [-0.2, 0) is 0 Å². The van der Waals surface area contributed by atoms with Gasteiger partial charge in [0, 0.05) is 6.04 Å². The number of rotatable bonds is 4. The Morgan fingerprint density at radius 2 is 1.94 bits per heavy atom. The Bertz CT molecular complexity index is 295. The lowest BCUT2D eigenvalue weighted by Crippen LogP contribution is -2.29. The van der Waals surface area contributed by atoms with Gasteiger partial charge in [-0.3, -0.25) is 0 Å². The number of hydrogen-bond donors (Lipinski definition) is 0. The van der Waals surface area contributed by atoms with E-state index in [2.05, 4.69) is 49.4 Å². The van der Waals surface area contributed by atoms with Gasteiger partial charge < -0.3 is 15.9 Å². The molecule has 1 aliphatic heterocycles. The lowest BCUT2D eigenvalue weighted by Gasteiger charge is -2.20. The van der Waals surface area contributed by atoms with Gasteiger partial charge in [-0.1, -0.05) is 42.1 Å². The van der Waals surface area contributed by atoms with Crippen LogP contribution in [0.15, 0.2) is 30.3 Å². The zero-order valence-corrected chi connectivity index (χ0v) is 10.5. The molecule has 1 aliphatic rings. The molecular formula is C13H23BNO2. The average molecular weight is 236 g/mol. The summed E-state index contributed by atoms with van der Waals surface area (Å²) in [5, 5.41) is 0. The van der Waals surface area contributed by atoms with Crippen LogP contribution in [0.2, 0.25) is 6.32 Å². The number of nitrogens with zero attached hydrogens (tertiary/aromatic N) is 1. The van der Waals surface area contributed by atoms with Gasteiger partial charge in [-0.15, -0.1) is 0 Å². The van der Waals surface area contributed by atoms with E-state index in [4.69, 9.17) is 0 Å². The van der Waals surface area contributed by atoms with E-state index in [0.717, 1.165) is 6.04 Å². The Kier molecular flexibility index (Phi) is 7.88. The van der Waals surface area contributed by atoms with Crippen molar-refractivity contribution in [1.29, 1.82) is 0 Å². The van der Waals surface area contributed by atoms with Gasteiger partial charge in [0.15, 0.2) is 7.28 Å². The molecule has 1 aromatic rings.